The number of hydrogen-bond acceptors (Lipinski definition) is 3. The molecule has 5 nitrogen and oxygen atoms in total. The van der Waals surface area contributed by atoms with Gasteiger partial charge < -0.3 is 4.98 Å². The van der Waals surface area contributed by atoms with Gasteiger partial charge in [0.1, 0.15) is 0 Å². The first-order valence-corrected chi connectivity index (χ1v) is 7.16. The fraction of sp³-hybridized carbons (Fsp3) is 0.250. The van der Waals surface area contributed by atoms with Crippen LogP contribution in [-0.4, -0.2) is 18.4 Å². The summed E-state index contributed by atoms with van der Waals surface area (Å²) < 4.78 is 26.1. The van der Waals surface area contributed by atoms with E-state index in [1.165, 1.54) is 18.1 Å². The maximum Gasteiger partial charge on any atom is 0.257 e. The van der Waals surface area contributed by atoms with Crippen LogP contribution in [0.4, 0.5) is 0 Å². The molecule has 1 heterocycles. The van der Waals surface area contributed by atoms with Gasteiger partial charge in [0.15, 0.2) is 5.03 Å². The van der Waals surface area contributed by atoms with E-state index >= 15 is 0 Å². The van der Waals surface area contributed by atoms with Gasteiger partial charge in [0.05, 0.1) is 12.5 Å². The quantitative estimate of drug-likeness (QED) is 0.859. The van der Waals surface area contributed by atoms with Crippen LogP contribution < -0.4 is 4.72 Å². The highest BCUT2D eigenvalue weighted by atomic mass is 32.2. The van der Waals surface area contributed by atoms with Crippen LogP contribution in [0.5, 0.6) is 0 Å². The van der Waals surface area contributed by atoms with Crippen molar-refractivity contribution in [3.05, 3.63) is 47.9 Å². The minimum absolute atomic E-state index is 0.0766. The molecule has 0 unspecified atom stereocenters. The predicted octanol–water partition coefficient (Wildman–Crippen LogP) is 1.45. The van der Waals surface area contributed by atoms with Gasteiger partial charge in [-0.3, -0.25) is 0 Å². The van der Waals surface area contributed by atoms with Crippen LogP contribution in [0.25, 0.3) is 0 Å². The van der Waals surface area contributed by atoms with Crippen LogP contribution in [0.3, 0.4) is 0 Å². The maximum atomic E-state index is 11.8. The van der Waals surface area contributed by atoms with Crippen molar-refractivity contribution in [1.82, 2.24) is 14.7 Å². The van der Waals surface area contributed by atoms with Gasteiger partial charge in [-0.15, -0.1) is 0 Å². The maximum absolute atomic E-state index is 11.8. The van der Waals surface area contributed by atoms with Crippen molar-refractivity contribution >= 4 is 10.0 Å². The van der Waals surface area contributed by atoms with Gasteiger partial charge in [0.2, 0.25) is 0 Å². The van der Waals surface area contributed by atoms with Gasteiger partial charge in [0.25, 0.3) is 10.0 Å². The molecule has 0 aliphatic rings. The summed E-state index contributed by atoms with van der Waals surface area (Å²) in [5.74, 6) is 0. The molecule has 6 heteroatoms. The number of aromatic amines is 1. The third-order valence-corrected chi connectivity index (χ3v) is 3.99. The molecule has 2 N–H and O–H groups in total. The highest BCUT2D eigenvalue weighted by Gasteiger charge is 2.14. The fourth-order valence-corrected chi connectivity index (χ4v) is 2.46. The summed E-state index contributed by atoms with van der Waals surface area (Å²) in [7, 11) is -3.50. The van der Waals surface area contributed by atoms with Crippen molar-refractivity contribution in [2.75, 3.05) is 0 Å². The van der Waals surface area contributed by atoms with Crippen molar-refractivity contribution in [2.24, 2.45) is 0 Å². The number of nitrogens with one attached hydrogen (secondary N) is 2. The second kappa shape index (κ2) is 5.32. The molecule has 0 aliphatic carbocycles. The summed E-state index contributed by atoms with van der Waals surface area (Å²) in [6.45, 7) is 2.35. The van der Waals surface area contributed by atoms with Crippen LogP contribution >= 0.6 is 0 Å². The lowest BCUT2D eigenvalue weighted by molar-refractivity contribution is 0.578. The molecule has 18 heavy (non-hydrogen) atoms. The first-order chi connectivity index (χ1) is 8.62. The first-order valence-electron chi connectivity index (χ1n) is 5.67. The van der Waals surface area contributed by atoms with E-state index in [4.69, 9.17) is 0 Å². The predicted molar refractivity (Wildman–Crippen MR) is 68.4 cm³/mol. The van der Waals surface area contributed by atoms with E-state index in [2.05, 4.69) is 21.6 Å². The van der Waals surface area contributed by atoms with Crippen LogP contribution in [-0.2, 0) is 23.0 Å². The molecule has 0 aliphatic heterocycles. The zero-order chi connectivity index (χ0) is 13.0. The Morgan fingerprint density at radius 1 is 1.22 bits per heavy atom. The molecule has 2 rings (SSSR count). The molecule has 0 fully saturated rings. The van der Waals surface area contributed by atoms with Gasteiger partial charge in [-0.25, -0.2) is 18.1 Å². The number of nitrogens with zero attached hydrogens (tertiary/aromatic N) is 1. The van der Waals surface area contributed by atoms with Crippen LogP contribution in [0.15, 0.2) is 41.8 Å². The standard InChI is InChI=1S/C12H15N3O2S/c1-2-10-3-5-11(6-4-10)7-15-18(16,17)12-8-13-9-14-12/h3-6,8-9,15H,2,7H2,1H3,(H,13,14). The Kier molecular flexibility index (Phi) is 3.78. The number of aromatic nitrogens is 2. The van der Waals surface area contributed by atoms with E-state index in [1.54, 1.807) is 0 Å². The van der Waals surface area contributed by atoms with Gasteiger partial charge in [-0.05, 0) is 17.5 Å². The van der Waals surface area contributed by atoms with E-state index in [-0.39, 0.29) is 11.6 Å². The Hall–Kier alpha value is -1.66. The molecule has 1 aromatic carbocycles. The third kappa shape index (κ3) is 2.96. The molecule has 0 saturated heterocycles. The Balaban J connectivity index is 2.03. The summed E-state index contributed by atoms with van der Waals surface area (Å²) in [4.78, 5) is 6.26. The van der Waals surface area contributed by atoms with Crippen LogP contribution in [0, 0.1) is 0 Å². The Morgan fingerprint density at radius 2 is 1.89 bits per heavy atom. The monoisotopic (exact) mass is 265 g/mol. The number of H-pyrrole nitrogens is 1. The van der Waals surface area contributed by atoms with Crippen LogP contribution in [0.2, 0.25) is 0 Å². The third-order valence-electron chi connectivity index (χ3n) is 2.66. The van der Waals surface area contributed by atoms with Crippen molar-refractivity contribution in [1.29, 1.82) is 0 Å². The van der Waals surface area contributed by atoms with Gasteiger partial charge >= 0.3 is 0 Å². The lowest BCUT2D eigenvalue weighted by Crippen LogP contribution is -2.23. The minimum atomic E-state index is -3.50. The fourth-order valence-electron chi connectivity index (χ4n) is 1.54. The highest BCUT2D eigenvalue weighted by molar-refractivity contribution is 7.89. The van der Waals surface area contributed by atoms with Crippen molar-refractivity contribution in [3.63, 3.8) is 0 Å². The van der Waals surface area contributed by atoms with Gasteiger partial charge in [-0.2, -0.15) is 0 Å². The Labute approximate surface area is 106 Å². The van der Waals surface area contributed by atoms with E-state index in [1.807, 2.05) is 24.3 Å². The average Bonchev–Trinajstić information content (AvgIpc) is 2.92. The smallest absolute Gasteiger partial charge is 0.257 e. The van der Waals surface area contributed by atoms with Crippen LogP contribution in [0.1, 0.15) is 18.1 Å². The second-order valence-electron chi connectivity index (χ2n) is 3.91. The average molecular weight is 265 g/mol. The Morgan fingerprint density at radius 3 is 2.44 bits per heavy atom. The van der Waals surface area contributed by atoms with E-state index < -0.39 is 10.0 Å². The summed E-state index contributed by atoms with van der Waals surface area (Å²) in [5.41, 5.74) is 2.16. The van der Waals surface area contributed by atoms with E-state index in [0.717, 1.165) is 12.0 Å². The lowest BCUT2D eigenvalue weighted by atomic mass is 10.1. The molecular formula is C12H15N3O2S. The topological polar surface area (TPSA) is 74.8 Å². The Bertz CT molecular complexity index is 589. The molecule has 2 aromatic rings. The van der Waals surface area contributed by atoms with Gasteiger partial charge in [0, 0.05) is 6.54 Å². The molecule has 0 bridgehead atoms. The molecule has 96 valence electrons. The zero-order valence-electron chi connectivity index (χ0n) is 10.1. The highest BCUT2D eigenvalue weighted by Crippen LogP contribution is 2.07. The molecular weight excluding hydrogens is 250 g/mol. The number of hydrogen-bond donors (Lipinski definition) is 2. The normalized spacial score (nSPS) is 11.6. The van der Waals surface area contributed by atoms with Crippen molar-refractivity contribution in [3.8, 4) is 0 Å². The van der Waals surface area contributed by atoms with Crippen molar-refractivity contribution in [2.45, 2.75) is 24.9 Å². The zero-order valence-corrected chi connectivity index (χ0v) is 10.9. The number of sulfonamides is 1. The SMILES string of the molecule is CCc1ccc(CNS(=O)(=O)c2cnc[nH]2)cc1. The second-order valence-corrected chi connectivity index (χ2v) is 5.65. The number of rotatable bonds is 5. The van der Waals surface area contributed by atoms with E-state index in [0.29, 0.717) is 0 Å². The molecule has 0 atom stereocenters. The molecule has 0 amide bonds. The number of benzene rings is 1. The van der Waals surface area contributed by atoms with Gasteiger partial charge in [-0.1, -0.05) is 31.2 Å². The molecule has 1 aromatic heterocycles. The molecule has 0 saturated carbocycles. The first kappa shape index (κ1) is 12.8. The number of imidazole rings is 1. The lowest BCUT2D eigenvalue weighted by Gasteiger charge is -2.05. The molecule has 0 radical (unpaired) electrons. The number of aryl methyl sites for hydroxylation is 1. The summed E-state index contributed by atoms with van der Waals surface area (Å²) in [6, 6.07) is 7.85. The largest absolute Gasteiger partial charge is 0.335 e. The van der Waals surface area contributed by atoms with E-state index in [9.17, 15) is 8.42 Å². The van der Waals surface area contributed by atoms with Crippen molar-refractivity contribution < 1.29 is 8.42 Å². The molecule has 0 spiro atoms. The summed E-state index contributed by atoms with van der Waals surface area (Å²) in [6.07, 6.45) is 3.59. The summed E-state index contributed by atoms with van der Waals surface area (Å²) >= 11 is 0. The summed E-state index contributed by atoms with van der Waals surface area (Å²) in [5, 5.41) is 0.0766. The minimum Gasteiger partial charge on any atom is -0.335 e.